The Balaban J connectivity index is 2.43. The van der Waals surface area contributed by atoms with Crippen LogP contribution >= 0.6 is 15.9 Å². The number of hydrogen-bond acceptors (Lipinski definition) is 3. The van der Waals surface area contributed by atoms with Gasteiger partial charge in [0, 0.05) is 30.2 Å². The van der Waals surface area contributed by atoms with Crippen molar-refractivity contribution in [3.63, 3.8) is 0 Å². The summed E-state index contributed by atoms with van der Waals surface area (Å²) < 4.78 is 25.3. The summed E-state index contributed by atoms with van der Waals surface area (Å²) in [5, 5.41) is 0.621. The van der Waals surface area contributed by atoms with Crippen molar-refractivity contribution in [2.45, 2.75) is 6.42 Å². The summed E-state index contributed by atoms with van der Waals surface area (Å²) in [7, 11) is -3.16. The molecule has 0 aliphatic carbocycles. The molecule has 4 nitrogen and oxygen atoms in total. The number of aryl methyl sites for hydroxylation is 1. The fraction of sp³-hybridized carbons (Fsp3) is 0.444. The van der Waals surface area contributed by atoms with Crippen molar-refractivity contribution in [3.05, 3.63) is 30.1 Å². The molecule has 0 aliphatic heterocycles. The molecular formula is C9H13BrN2O2S. The Morgan fingerprint density at radius 3 is 2.80 bits per heavy atom. The van der Waals surface area contributed by atoms with Crippen LogP contribution in [0.2, 0.25) is 0 Å². The van der Waals surface area contributed by atoms with Gasteiger partial charge < -0.3 is 0 Å². The van der Waals surface area contributed by atoms with Crippen LogP contribution < -0.4 is 4.72 Å². The van der Waals surface area contributed by atoms with Gasteiger partial charge in [-0.2, -0.15) is 0 Å². The maximum absolute atomic E-state index is 11.4. The first-order valence-electron chi connectivity index (χ1n) is 4.57. The molecule has 84 valence electrons. The fourth-order valence-corrected chi connectivity index (χ4v) is 2.55. The Bertz CT molecular complexity index is 380. The molecule has 0 unspecified atom stereocenters. The molecule has 1 heterocycles. The van der Waals surface area contributed by atoms with E-state index in [1.807, 2.05) is 12.1 Å². The summed E-state index contributed by atoms with van der Waals surface area (Å²) in [6, 6.07) is 5.47. The van der Waals surface area contributed by atoms with E-state index < -0.39 is 10.0 Å². The number of hydrogen-bond donors (Lipinski definition) is 1. The van der Waals surface area contributed by atoms with Gasteiger partial charge in [-0.3, -0.25) is 4.98 Å². The minimum absolute atomic E-state index is 0.0804. The van der Waals surface area contributed by atoms with Crippen LogP contribution in [0.1, 0.15) is 5.69 Å². The van der Waals surface area contributed by atoms with Crippen LogP contribution in [0.3, 0.4) is 0 Å². The first kappa shape index (κ1) is 12.6. The minimum atomic E-state index is -3.16. The average Bonchev–Trinajstić information content (AvgIpc) is 2.25. The van der Waals surface area contributed by atoms with Gasteiger partial charge in [-0.05, 0) is 12.1 Å². The van der Waals surface area contributed by atoms with E-state index in [2.05, 4.69) is 25.6 Å². The zero-order valence-corrected chi connectivity index (χ0v) is 10.6. The predicted octanol–water partition coefficient (Wildman–Crippen LogP) is 0.938. The quantitative estimate of drug-likeness (QED) is 0.794. The molecule has 0 fully saturated rings. The number of nitrogens with one attached hydrogen (secondary N) is 1. The molecule has 1 N–H and O–H groups in total. The number of aromatic nitrogens is 1. The second-order valence-electron chi connectivity index (χ2n) is 2.97. The monoisotopic (exact) mass is 292 g/mol. The van der Waals surface area contributed by atoms with Crippen LogP contribution in [0.4, 0.5) is 0 Å². The minimum Gasteiger partial charge on any atom is -0.261 e. The molecule has 0 atom stereocenters. The van der Waals surface area contributed by atoms with Crippen LogP contribution in [0, 0.1) is 0 Å². The van der Waals surface area contributed by atoms with E-state index >= 15 is 0 Å². The summed E-state index contributed by atoms with van der Waals surface area (Å²) >= 11 is 3.16. The van der Waals surface area contributed by atoms with Crippen molar-refractivity contribution < 1.29 is 8.42 Å². The molecule has 0 aromatic carbocycles. The van der Waals surface area contributed by atoms with Gasteiger partial charge in [0.15, 0.2) is 0 Å². The molecule has 0 spiro atoms. The van der Waals surface area contributed by atoms with Crippen molar-refractivity contribution >= 4 is 26.0 Å². The highest BCUT2D eigenvalue weighted by Crippen LogP contribution is 1.97. The molecule has 0 amide bonds. The van der Waals surface area contributed by atoms with E-state index in [0.717, 1.165) is 5.69 Å². The van der Waals surface area contributed by atoms with E-state index in [1.165, 1.54) is 0 Å². The number of sulfonamides is 1. The third-order valence-corrected chi connectivity index (χ3v) is 3.55. The molecule has 0 aliphatic rings. The number of nitrogens with zero attached hydrogens (tertiary/aromatic N) is 1. The summed E-state index contributed by atoms with van der Waals surface area (Å²) in [6.07, 6.45) is 2.10. The Kier molecular flexibility index (Phi) is 5.21. The van der Waals surface area contributed by atoms with E-state index in [4.69, 9.17) is 0 Å². The van der Waals surface area contributed by atoms with E-state index in [1.54, 1.807) is 12.3 Å². The largest absolute Gasteiger partial charge is 0.261 e. The first-order valence-corrected chi connectivity index (χ1v) is 7.34. The van der Waals surface area contributed by atoms with Crippen LogP contribution in [-0.4, -0.2) is 31.0 Å². The third-order valence-electron chi connectivity index (χ3n) is 1.77. The third kappa shape index (κ3) is 5.25. The number of pyridine rings is 1. The molecule has 0 saturated carbocycles. The van der Waals surface area contributed by atoms with Gasteiger partial charge in [0.25, 0.3) is 0 Å². The molecule has 6 heteroatoms. The predicted molar refractivity (Wildman–Crippen MR) is 63.5 cm³/mol. The zero-order valence-electron chi connectivity index (χ0n) is 8.19. The topological polar surface area (TPSA) is 59.1 Å². The molecule has 1 aromatic rings. The van der Waals surface area contributed by atoms with Crippen molar-refractivity contribution in [2.75, 3.05) is 17.6 Å². The lowest BCUT2D eigenvalue weighted by atomic mass is 10.3. The molecule has 1 rings (SSSR count). The summed E-state index contributed by atoms with van der Waals surface area (Å²) in [5.41, 5.74) is 0.793. The van der Waals surface area contributed by atoms with Gasteiger partial charge in [0.1, 0.15) is 0 Å². The lowest BCUT2D eigenvalue weighted by molar-refractivity contribution is 0.583. The van der Waals surface area contributed by atoms with Crippen molar-refractivity contribution in [1.29, 1.82) is 0 Å². The van der Waals surface area contributed by atoms with Gasteiger partial charge in [0.05, 0.1) is 5.75 Å². The molecule has 0 saturated heterocycles. The maximum atomic E-state index is 11.4. The SMILES string of the molecule is O=S(=O)(CCc1ccccn1)NCCBr. The molecule has 15 heavy (non-hydrogen) atoms. The highest BCUT2D eigenvalue weighted by molar-refractivity contribution is 9.09. The zero-order chi connectivity index (χ0) is 11.1. The van der Waals surface area contributed by atoms with Gasteiger partial charge in [-0.1, -0.05) is 22.0 Å². The van der Waals surface area contributed by atoms with E-state index in [0.29, 0.717) is 18.3 Å². The van der Waals surface area contributed by atoms with Crippen molar-refractivity contribution in [3.8, 4) is 0 Å². The lowest BCUT2D eigenvalue weighted by Gasteiger charge is -2.04. The maximum Gasteiger partial charge on any atom is 0.212 e. The first-order chi connectivity index (χ1) is 7.14. The second kappa shape index (κ2) is 6.19. The normalized spacial score (nSPS) is 11.5. The van der Waals surface area contributed by atoms with Crippen LogP contribution in [0.5, 0.6) is 0 Å². The number of alkyl halides is 1. The van der Waals surface area contributed by atoms with Crippen LogP contribution in [0.25, 0.3) is 0 Å². The fourth-order valence-electron chi connectivity index (χ4n) is 1.05. The summed E-state index contributed by atoms with van der Waals surface area (Å²) in [5.74, 6) is 0.0804. The van der Waals surface area contributed by atoms with Gasteiger partial charge in [0.2, 0.25) is 10.0 Å². The summed E-state index contributed by atoms with van der Waals surface area (Å²) in [4.78, 5) is 4.06. The van der Waals surface area contributed by atoms with Crippen LogP contribution in [-0.2, 0) is 16.4 Å². The van der Waals surface area contributed by atoms with Gasteiger partial charge in [-0.15, -0.1) is 0 Å². The number of rotatable bonds is 6. The molecule has 0 radical (unpaired) electrons. The van der Waals surface area contributed by atoms with Crippen molar-refractivity contribution in [2.24, 2.45) is 0 Å². The average molecular weight is 293 g/mol. The van der Waals surface area contributed by atoms with Crippen LogP contribution in [0.15, 0.2) is 24.4 Å². The molecule has 0 bridgehead atoms. The molecule has 1 aromatic heterocycles. The van der Waals surface area contributed by atoms with E-state index in [9.17, 15) is 8.42 Å². The van der Waals surface area contributed by atoms with Gasteiger partial charge >= 0.3 is 0 Å². The Labute approximate surface area is 98.3 Å². The Morgan fingerprint density at radius 1 is 1.40 bits per heavy atom. The van der Waals surface area contributed by atoms with Gasteiger partial charge in [-0.25, -0.2) is 13.1 Å². The smallest absolute Gasteiger partial charge is 0.212 e. The molecular weight excluding hydrogens is 280 g/mol. The Hall–Kier alpha value is -0.460. The second-order valence-corrected chi connectivity index (χ2v) is 5.69. The Morgan fingerprint density at radius 2 is 2.20 bits per heavy atom. The highest BCUT2D eigenvalue weighted by atomic mass is 79.9. The van der Waals surface area contributed by atoms with E-state index in [-0.39, 0.29) is 5.75 Å². The highest BCUT2D eigenvalue weighted by Gasteiger charge is 2.09. The lowest BCUT2D eigenvalue weighted by Crippen LogP contribution is -2.28. The summed E-state index contributed by atoms with van der Waals surface area (Å²) in [6.45, 7) is 0.421. The standard InChI is InChI=1S/C9H13BrN2O2S/c10-5-7-12-15(13,14)8-4-9-3-1-2-6-11-9/h1-3,6,12H,4-5,7-8H2. The van der Waals surface area contributed by atoms with Crippen molar-refractivity contribution in [1.82, 2.24) is 9.71 Å². The number of halogens is 1.